The third-order valence-electron chi connectivity index (χ3n) is 6.39. The molecule has 152 valence electrons. The minimum atomic E-state index is -0.785. The number of halogens is 1. The first kappa shape index (κ1) is 18.7. The molecule has 5 atom stereocenters. The molecule has 3 aliphatic rings. The van der Waals surface area contributed by atoms with Crippen molar-refractivity contribution in [3.63, 3.8) is 0 Å². The monoisotopic (exact) mass is 405 g/mol. The summed E-state index contributed by atoms with van der Waals surface area (Å²) in [6.45, 7) is 0. The number of amides is 3. The fraction of sp³-hybridized carbons (Fsp3) is 0.304. The average molecular weight is 405 g/mol. The lowest BCUT2D eigenvalue weighted by molar-refractivity contribution is -0.144. The zero-order valence-corrected chi connectivity index (χ0v) is 16.1. The molecule has 5 unspecified atom stereocenters. The van der Waals surface area contributed by atoms with Crippen LogP contribution in [-0.4, -0.2) is 27.6 Å². The number of nitrogens with zero attached hydrogens (tertiary/aromatic N) is 2. The molecule has 2 aliphatic carbocycles. The van der Waals surface area contributed by atoms with Gasteiger partial charge in [-0.25, -0.2) is 4.39 Å². The first-order valence-corrected chi connectivity index (χ1v) is 10.0. The summed E-state index contributed by atoms with van der Waals surface area (Å²) >= 11 is 0. The Kier molecular flexibility index (Phi) is 4.46. The molecule has 3 amide bonds. The van der Waals surface area contributed by atoms with Crippen molar-refractivity contribution in [2.24, 2.45) is 23.7 Å². The van der Waals surface area contributed by atoms with E-state index in [2.05, 4.69) is 10.3 Å². The molecule has 1 saturated carbocycles. The van der Waals surface area contributed by atoms with Gasteiger partial charge in [-0.3, -0.25) is 24.3 Å². The number of carbonyl (C=O) groups is 3. The number of carbonyl (C=O) groups excluding carboxylic acids is 3. The number of imide groups is 1. The zero-order valence-electron chi connectivity index (χ0n) is 16.1. The maximum atomic E-state index is 13.5. The van der Waals surface area contributed by atoms with Crippen LogP contribution in [0.1, 0.15) is 24.4 Å². The summed E-state index contributed by atoms with van der Waals surface area (Å²) in [4.78, 5) is 44.5. The summed E-state index contributed by atoms with van der Waals surface area (Å²) < 4.78 is 13.5. The van der Waals surface area contributed by atoms with Gasteiger partial charge in [0.05, 0.1) is 36.2 Å². The van der Waals surface area contributed by atoms with Gasteiger partial charge < -0.3 is 5.32 Å². The highest BCUT2D eigenvalue weighted by molar-refractivity contribution is 6.07. The van der Waals surface area contributed by atoms with Crippen LogP contribution >= 0.6 is 0 Å². The maximum absolute atomic E-state index is 13.5. The Morgan fingerprint density at radius 3 is 2.37 bits per heavy atom. The van der Waals surface area contributed by atoms with E-state index >= 15 is 0 Å². The fourth-order valence-electron chi connectivity index (χ4n) is 5.10. The van der Waals surface area contributed by atoms with E-state index in [1.807, 2.05) is 12.2 Å². The van der Waals surface area contributed by atoms with E-state index in [0.29, 0.717) is 11.3 Å². The Bertz CT molecular complexity index is 1010. The van der Waals surface area contributed by atoms with Crippen molar-refractivity contribution in [3.05, 3.63) is 72.3 Å². The van der Waals surface area contributed by atoms with E-state index in [-0.39, 0.29) is 47.8 Å². The van der Waals surface area contributed by atoms with Crippen LogP contribution < -0.4 is 5.32 Å². The van der Waals surface area contributed by atoms with Crippen molar-refractivity contribution >= 4 is 23.4 Å². The molecule has 0 radical (unpaired) electrons. The zero-order chi connectivity index (χ0) is 20.8. The summed E-state index contributed by atoms with van der Waals surface area (Å²) in [5.74, 6) is -1.77. The first-order valence-electron chi connectivity index (χ1n) is 10.0. The number of hydrogen-bond acceptors (Lipinski definition) is 4. The standard InChI is InChI=1S/C23H20FN3O3/c24-16-7-5-13(6-8-16)18(11-19(28)26-17-2-1-9-25-12-17)27-22(29)20-14-3-4-15(10-14)21(20)23(27)30/h1-9,12,14-15,18,20-21H,10-11H2,(H,26,28). The van der Waals surface area contributed by atoms with Crippen molar-refractivity contribution in [1.29, 1.82) is 0 Å². The minimum absolute atomic E-state index is 0.0829. The maximum Gasteiger partial charge on any atom is 0.234 e. The number of hydrogen-bond donors (Lipinski definition) is 1. The summed E-state index contributed by atoms with van der Waals surface area (Å²) in [7, 11) is 0. The van der Waals surface area contributed by atoms with Gasteiger partial charge in [-0.15, -0.1) is 0 Å². The number of fused-ring (bicyclic) bond motifs is 5. The van der Waals surface area contributed by atoms with Gasteiger partial charge in [0.25, 0.3) is 0 Å². The highest BCUT2D eigenvalue weighted by Gasteiger charge is 2.60. The molecule has 1 aromatic carbocycles. The molecular weight excluding hydrogens is 385 g/mol. The number of anilines is 1. The van der Waals surface area contributed by atoms with Crippen LogP contribution in [0, 0.1) is 29.5 Å². The quantitative estimate of drug-likeness (QED) is 0.612. The molecule has 0 spiro atoms. The predicted molar refractivity (Wildman–Crippen MR) is 106 cm³/mol. The van der Waals surface area contributed by atoms with Gasteiger partial charge in [-0.2, -0.15) is 0 Å². The van der Waals surface area contributed by atoms with Gasteiger partial charge in [0, 0.05) is 6.20 Å². The molecule has 5 rings (SSSR count). The summed E-state index contributed by atoms with van der Waals surface area (Å²) in [6.07, 6.45) is 7.90. The lowest BCUT2D eigenvalue weighted by Gasteiger charge is -2.28. The molecule has 7 heteroatoms. The van der Waals surface area contributed by atoms with Crippen molar-refractivity contribution in [3.8, 4) is 0 Å². The normalized spacial score (nSPS) is 27.4. The van der Waals surface area contributed by atoms with Gasteiger partial charge in [0.1, 0.15) is 5.82 Å². The molecule has 1 aliphatic heterocycles. The molecule has 30 heavy (non-hydrogen) atoms. The number of nitrogens with one attached hydrogen (secondary N) is 1. The summed E-state index contributed by atoms with van der Waals surface area (Å²) in [6, 6.07) is 8.23. The fourth-order valence-corrected chi connectivity index (χ4v) is 5.10. The molecule has 1 N–H and O–H groups in total. The number of aromatic nitrogens is 1. The smallest absolute Gasteiger partial charge is 0.234 e. The van der Waals surface area contributed by atoms with Gasteiger partial charge >= 0.3 is 0 Å². The Morgan fingerprint density at radius 1 is 1.10 bits per heavy atom. The summed E-state index contributed by atoms with van der Waals surface area (Å²) in [5.41, 5.74) is 1.08. The third-order valence-corrected chi connectivity index (χ3v) is 6.39. The lowest BCUT2D eigenvalue weighted by atomic mass is 9.85. The van der Waals surface area contributed by atoms with Crippen molar-refractivity contribution in [1.82, 2.24) is 9.88 Å². The van der Waals surface area contributed by atoms with E-state index in [0.717, 1.165) is 6.42 Å². The lowest BCUT2D eigenvalue weighted by Crippen LogP contribution is -2.38. The van der Waals surface area contributed by atoms with Crippen LogP contribution in [-0.2, 0) is 14.4 Å². The largest absolute Gasteiger partial charge is 0.325 e. The Balaban J connectivity index is 1.44. The number of benzene rings is 1. The van der Waals surface area contributed by atoms with Crippen LogP contribution in [0.2, 0.25) is 0 Å². The van der Waals surface area contributed by atoms with Crippen molar-refractivity contribution in [2.45, 2.75) is 18.9 Å². The second-order valence-corrected chi connectivity index (χ2v) is 8.11. The number of rotatable bonds is 5. The minimum Gasteiger partial charge on any atom is -0.325 e. The van der Waals surface area contributed by atoms with E-state index in [1.165, 1.54) is 35.4 Å². The SMILES string of the molecule is O=C(CC(c1ccc(F)cc1)N1C(=O)C2C3C=CC(C3)C2C1=O)Nc1cccnc1. The molecule has 1 aromatic heterocycles. The van der Waals surface area contributed by atoms with E-state index in [9.17, 15) is 18.8 Å². The molecule has 2 aromatic rings. The molecule has 2 bridgehead atoms. The van der Waals surface area contributed by atoms with Crippen LogP contribution in [0.3, 0.4) is 0 Å². The second kappa shape index (κ2) is 7.16. The van der Waals surface area contributed by atoms with Crippen molar-refractivity contribution < 1.29 is 18.8 Å². The number of likely N-dealkylation sites (tertiary alicyclic amines) is 1. The molecule has 2 heterocycles. The van der Waals surface area contributed by atoms with E-state index < -0.39 is 11.9 Å². The van der Waals surface area contributed by atoms with Crippen LogP contribution in [0.5, 0.6) is 0 Å². The number of allylic oxidation sites excluding steroid dienone is 2. The molecule has 2 fully saturated rings. The van der Waals surface area contributed by atoms with E-state index in [4.69, 9.17) is 0 Å². The van der Waals surface area contributed by atoms with E-state index in [1.54, 1.807) is 18.3 Å². The van der Waals surface area contributed by atoms with Crippen molar-refractivity contribution in [2.75, 3.05) is 5.32 Å². The van der Waals surface area contributed by atoms with Crippen LogP contribution in [0.15, 0.2) is 60.9 Å². The van der Waals surface area contributed by atoms with Gasteiger partial charge in [-0.1, -0.05) is 24.3 Å². The van der Waals surface area contributed by atoms with Gasteiger partial charge in [-0.05, 0) is 48.1 Å². The highest BCUT2D eigenvalue weighted by Crippen LogP contribution is 2.54. The Hall–Kier alpha value is -3.35. The average Bonchev–Trinajstić information content (AvgIpc) is 3.42. The van der Waals surface area contributed by atoms with Gasteiger partial charge in [0.2, 0.25) is 17.7 Å². The molecule has 1 saturated heterocycles. The van der Waals surface area contributed by atoms with Crippen LogP contribution in [0.4, 0.5) is 10.1 Å². The topological polar surface area (TPSA) is 79.4 Å². The Labute approximate surface area is 172 Å². The van der Waals surface area contributed by atoms with Crippen LogP contribution in [0.25, 0.3) is 0 Å². The third kappa shape index (κ3) is 3.01. The second-order valence-electron chi connectivity index (χ2n) is 8.11. The van der Waals surface area contributed by atoms with Gasteiger partial charge in [0.15, 0.2) is 0 Å². The molecular formula is C23H20FN3O3. The Morgan fingerprint density at radius 2 is 1.77 bits per heavy atom. The number of pyridine rings is 1. The predicted octanol–water partition coefficient (Wildman–Crippen LogP) is 3.10. The summed E-state index contributed by atoms with van der Waals surface area (Å²) in [5, 5.41) is 2.75. The highest BCUT2D eigenvalue weighted by atomic mass is 19.1. The molecule has 6 nitrogen and oxygen atoms in total. The first-order chi connectivity index (χ1) is 14.5.